The van der Waals surface area contributed by atoms with Crippen molar-refractivity contribution in [1.82, 2.24) is 4.90 Å². The molecular weight excluding hydrogens is 478 g/mol. The van der Waals surface area contributed by atoms with Crippen LogP contribution in [0.5, 0.6) is 11.5 Å². The van der Waals surface area contributed by atoms with Crippen molar-refractivity contribution in [3.05, 3.63) is 74.6 Å². The Hall–Kier alpha value is -2.22. The molecule has 1 aliphatic rings. The lowest BCUT2D eigenvalue weighted by Crippen LogP contribution is -2.27. The van der Waals surface area contributed by atoms with Crippen LogP contribution in [0.3, 0.4) is 0 Å². The number of carbonyl (C=O) groups excluding carboxylic acids is 2. The molecule has 29 heavy (non-hydrogen) atoms. The summed E-state index contributed by atoms with van der Waals surface area (Å²) in [6.07, 6.45) is 3.29. The van der Waals surface area contributed by atoms with Crippen molar-refractivity contribution in [2.75, 3.05) is 13.7 Å². The van der Waals surface area contributed by atoms with E-state index < -0.39 is 0 Å². The SMILES string of the molecule is C=CCOc1c(Br)cc(/C=C2\SC(=O)N(Cc3cccc(Cl)c3)C2=O)cc1OC. The first-order valence-corrected chi connectivity index (χ1v) is 10.5. The van der Waals surface area contributed by atoms with E-state index in [9.17, 15) is 9.59 Å². The first kappa shape index (κ1) is 21.5. The Morgan fingerprint density at radius 3 is 2.76 bits per heavy atom. The Balaban J connectivity index is 1.85. The van der Waals surface area contributed by atoms with Crippen LogP contribution in [0.1, 0.15) is 11.1 Å². The van der Waals surface area contributed by atoms with Gasteiger partial charge in [0.05, 0.1) is 23.0 Å². The number of thioether (sulfide) groups is 1. The van der Waals surface area contributed by atoms with Crippen LogP contribution < -0.4 is 9.47 Å². The van der Waals surface area contributed by atoms with Crippen molar-refractivity contribution in [2.24, 2.45) is 0 Å². The van der Waals surface area contributed by atoms with E-state index in [1.165, 1.54) is 12.0 Å². The van der Waals surface area contributed by atoms with Crippen molar-refractivity contribution >= 4 is 56.5 Å². The first-order chi connectivity index (χ1) is 13.9. The van der Waals surface area contributed by atoms with E-state index in [0.717, 1.165) is 17.3 Å². The van der Waals surface area contributed by atoms with Gasteiger partial charge in [-0.15, -0.1) is 0 Å². The summed E-state index contributed by atoms with van der Waals surface area (Å²) in [5, 5.41) is 0.235. The average Bonchev–Trinajstić information content (AvgIpc) is 2.94. The minimum absolute atomic E-state index is 0.171. The number of imide groups is 1. The zero-order valence-electron chi connectivity index (χ0n) is 15.5. The zero-order valence-corrected chi connectivity index (χ0v) is 18.6. The molecule has 5 nitrogen and oxygen atoms in total. The fraction of sp³-hybridized carbons (Fsp3) is 0.143. The highest BCUT2D eigenvalue weighted by Crippen LogP contribution is 2.39. The van der Waals surface area contributed by atoms with Crippen LogP contribution in [0.2, 0.25) is 5.02 Å². The third-order valence-corrected chi connectivity index (χ3v) is 5.73. The van der Waals surface area contributed by atoms with E-state index >= 15 is 0 Å². The lowest BCUT2D eigenvalue weighted by atomic mass is 10.1. The van der Waals surface area contributed by atoms with Gasteiger partial charge in [-0.2, -0.15) is 0 Å². The summed E-state index contributed by atoms with van der Waals surface area (Å²) in [5.41, 5.74) is 1.49. The highest BCUT2D eigenvalue weighted by Gasteiger charge is 2.35. The molecule has 3 rings (SSSR count). The van der Waals surface area contributed by atoms with E-state index in [2.05, 4.69) is 22.5 Å². The molecule has 0 saturated carbocycles. The summed E-state index contributed by atoms with van der Waals surface area (Å²) in [6, 6.07) is 10.6. The minimum Gasteiger partial charge on any atom is -0.493 e. The van der Waals surface area contributed by atoms with Gasteiger partial charge in [-0.1, -0.05) is 36.4 Å². The Kier molecular flexibility index (Phi) is 7.05. The number of nitrogens with zero attached hydrogens (tertiary/aromatic N) is 1. The number of halogens is 2. The molecule has 2 aromatic carbocycles. The van der Waals surface area contributed by atoms with Gasteiger partial charge < -0.3 is 9.47 Å². The second-order valence-electron chi connectivity index (χ2n) is 6.03. The molecule has 2 aromatic rings. The summed E-state index contributed by atoms with van der Waals surface area (Å²) in [6.45, 7) is 4.13. The standard InChI is InChI=1S/C21H17BrClNO4S/c1-3-7-28-19-16(22)9-14(10-17(19)27-2)11-18-20(25)24(21(26)29-18)12-13-5-4-6-15(23)8-13/h3-6,8-11H,1,7,12H2,2H3/b18-11-. The third kappa shape index (κ3) is 5.04. The number of rotatable bonds is 7. The number of benzene rings is 2. The van der Waals surface area contributed by atoms with Crippen molar-refractivity contribution < 1.29 is 19.1 Å². The van der Waals surface area contributed by atoms with Crippen LogP contribution in [0.25, 0.3) is 6.08 Å². The molecule has 2 amide bonds. The minimum atomic E-state index is -0.345. The Morgan fingerprint density at radius 1 is 1.28 bits per heavy atom. The molecule has 0 atom stereocenters. The van der Waals surface area contributed by atoms with Gasteiger partial charge in [-0.25, -0.2) is 0 Å². The maximum atomic E-state index is 12.8. The lowest BCUT2D eigenvalue weighted by molar-refractivity contribution is -0.123. The normalized spacial score (nSPS) is 15.1. The van der Waals surface area contributed by atoms with Crippen LogP contribution in [-0.4, -0.2) is 29.8 Å². The molecule has 1 aliphatic heterocycles. The molecule has 0 spiro atoms. The van der Waals surface area contributed by atoms with Gasteiger partial charge in [0.2, 0.25) is 0 Å². The molecule has 1 fully saturated rings. The van der Waals surface area contributed by atoms with E-state index in [-0.39, 0.29) is 17.7 Å². The van der Waals surface area contributed by atoms with E-state index in [0.29, 0.717) is 38.1 Å². The van der Waals surface area contributed by atoms with Crippen molar-refractivity contribution in [2.45, 2.75) is 6.54 Å². The largest absolute Gasteiger partial charge is 0.493 e. The molecule has 0 radical (unpaired) electrons. The van der Waals surface area contributed by atoms with Gasteiger partial charge in [0.15, 0.2) is 11.5 Å². The van der Waals surface area contributed by atoms with E-state index in [1.807, 2.05) is 6.07 Å². The lowest BCUT2D eigenvalue weighted by Gasteiger charge is -2.13. The fourth-order valence-electron chi connectivity index (χ4n) is 2.71. The molecule has 0 N–H and O–H groups in total. The van der Waals surface area contributed by atoms with E-state index in [4.69, 9.17) is 21.1 Å². The number of ether oxygens (including phenoxy) is 2. The third-order valence-electron chi connectivity index (χ3n) is 4.00. The maximum absolute atomic E-state index is 12.8. The van der Waals surface area contributed by atoms with Crippen molar-refractivity contribution in [1.29, 1.82) is 0 Å². The molecule has 0 aromatic heterocycles. The second-order valence-corrected chi connectivity index (χ2v) is 8.32. The van der Waals surface area contributed by atoms with E-state index in [1.54, 1.807) is 42.5 Å². The smallest absolute Gasteiger partial charge is 0.293 e. The Bertz CT molecular complexity index is 1010. The van der Waals surface area contributed by atoms with Gasteiger partial charge in [0, 0.05) is 5.02 Å². The van der Waals surface area contributed by atoms with Gasteiger partial charge >= 0.3 is 0 Å². The zero-order chi connectivity index (χ0) is 21.0. The maximum Gasteiger partial charge on any atom is 0.293 e. The molecule has 0 bridgehead atoms. The van der Waals surface area contributed by atoms with Crippen molar-refractivity contribution in [3.63, 3.8) is 0 Å². The summed E-state index contributed by atoms with van der Waals surface area (Å²) in [7, 11) is 1.53. The highest BCUT2D eigenvalue weighted by molar-refractivity contribution is 9.10. The van der Waals surface area contributed by atoms with Crippen LogP contribution in [-0.2, 0) is 11.3 Å². The quantitative estimate of drug-likeness (QED) is 0.354. The molecule has 8 heteroatoms. The predicted octanol–water partition coefficient (Wildman–Crippen LogP) is 5.91. The van der Waals surface area contributed by atoms with Gasteiger partial charge in [-0.3, -0.25) is 14.5 Å². The molecule has 150 valence electrons. The molecular formula is C21H17BrClNO4S. The Labute approximate surface area is 186 Å². The van der Waals surface area contributed by atoms with Crippen LogP contribution >= 0.6 is 39.3 Å². The topological polar surface area (TPSA) is 55.8 Å². The van der Waals surface area contributed by atoms with Crippen LogP contribution in [0.4, 0.5) is 4.79 Å². The monoisotopic (exact) mass is 493 g/mol. The number of amides is 2. The summed E-state index contributed by atoms with van der Waals surface area (Å²) in [4.78, 5) is 26.7. The van der Waals surface area contributed by atoms with Crippen LogP contribution in [0, 0.1) is 0 Å². The van der Waals surface area contributed by atoms with Crippen LogP contribution in [0.15, 0.2) is 58.4 Å². The molecule has 1 saturated heterocycles. The number of carbonyl (C=O) groups is 2. The second kappa shape index (κ2) is 9.52. The average molecular weight is 495 g/mol. The van der Waals surface area contributed by atoms with Gasteiger partial charge in [-0.05, 0) is 69.2 Å². The van der Waals surface area contributed by atoms with Gasteiger partial charge in [0.25, 0.3) is 11.1 Å². The molecule has 0 aliphatic carbocycles. The Morgan fingerprint density at radius 2 is 2.07 bits per heavy atom. The number of hydrogen-bond donors (Lipinski definition) is 0. The molecule has 1 heterocycles. The van der Waals surface area contributed by atoms with Crippen molar-refractivity contribution in [3.8, 4) is 11.5 Å². The summed E-state index contributed by atoms with van der Waals surface area (Å²) in [5.74, 6) is 0.700. The first-order valence-electron chi connectivity index (χ1n) is 8.54. The number of methoxy groups -OCH3 is 1. The predicted molar refractivity (Wildman–Crippen MR) is 119 cm³/mol. The summed E-state index contributed by atoms with van der Waals surface area (Å²) < 4.78 is 11.7. The molecule has 0 unspecified atom stereocenters. The summed E-state index contributed by atoms with van der Waals surface area (Å²) >= 11 is 10.4. The number of hydrogen-bond acceptors (Lipinski definition) is 5. The fourth-order valence-corrected chi connectivity index (χ4v) is 4.34. The highest BCUT2D eigenvalue weighted by atomic mass is 79.9. The van der Waals surface area contributed by atoms with Gasteiger partial charge in [0.1, 0.15) is 6.61 Å².